The number of halogens is 1. The van der Waals surface area contributed by atoms with Crippen LogP contribution in [-0.4, -0.2) is 64.8 Å². The fourth-order valence-corrected chi connectivity index (χ4v) is 5.98. The van der Waals surface area contributed by atoms with E-state index >= 15 is 0 Å². The quantitative estimate of drug-likeness (QED) is 0.556. The highest BCUT2D eigenvalue weighted by molar-refractivity contribution is 6.30. The standard InChI is InChI=1S/C24H31ClN2O6/c1-4-32-23(31)18-17-9-10-24(33-17)19(18)22(30)27(16(12-28)11-13(2)3)20(24)21(29)26-15-7-5-14(25)6-8-15/h5-8,13,16-20,28H,4,9-12H2,1-3H3,(H,26,29)/t16-,17+,18-,19+,20?,24?/m1/s1. The zero-order valence-electron chi connectivity index (χ0n) is 19.1. The smallest absolute Gasteiger partial charge is 0.312 e. The van der Waals surface area contributed by atoms with E-state index in [1.165, 1.54) is 4.90 Å². The average molecular weight is 479 g/mol. The molecule has 0 aromatic heterocycles. The van der Waals surface area contributed by atoms with Gasteiger partial charge in [0.15, 0.2) is 0 Å². The Hall–Kier alpha value is -2.16. The summed E-state index contributed by atoms with van der Waals surface area (Å²) in [5.74, 6) is -2.57. The first-order valence-electron chi connectivity index (χ1n) is 11.6. The number of carbonyl (C=O) groups excluding carboxylic acids is 3. The molecule has 2 amide bonds. The molecule has 2 bridgehead atoms. The number of rotatable bonds is 8. The minimum Gasteiger partial charge on any atom is -0.466 e. The molecule has 2 unspecified atom stereocenters. The second-order valence-corrected chi connectivity index (χ2v) is 9.95. The van der Waals surface area contributed by atoms with Crippen molar-refractivity contribution in [2.24, 2.45) is 17.8 Å². The molecule has 3 heterocycles. The van der Waals surface area contributed by atoms with E-state index in [0.29, 0.717) is 30.0 Å². The van der Waals surface area contributed by atoms with Crippen molar-refractivity contribution in [3.63, 3.8) is 0 Å². The zero-order valence-corrected chi connectivity index (χ0v) is 19.9. The van der Waals surface area contributed by atoms with Crippen molar-refractivity contribution in [2.45, 2.75) is 63.8 Å². The van der Waals surface area contributed by atoms with Gasteiger partial charge < -0.3 is 24.8 Å². The van der Waals surface area contributed by atoms with Crippen LogP contribution in [0.15, 0.2) is 24.3 Å². The van der Waals surface area contributed by atoms with Gasteiger partial charge in [-0.25, -0.2) is 0 Å². The first kappa shape index (κ1) is 24.0. The number of anilines is 1. The van der Waals surface area contributed by atoms with Crippen LogP contribution in [0.4, 0.5) is 5.69 Å². The molecule has 33 heavy (non-hydrogen) atoms. The number of carbonyl (C=O) groups is 3. The number of aliphatic hydroxyl groups is 1. The average Bonchev–Trinajstić information content (AvgIpc) is 3.41. The maximum absolute atomic E-state index is 13.8. The Labute approximate surface area is 198 Å². The van der Waals surface area contributed by atoms with Crippen LogP contribution in [0.5, 0.6) is 0 Å². The summed E-state index contributed by atoms with van der Waals surface area (Å²) in [6.45, 7) is 5.62. The maximum Gasteiger partial charge on any atom is 0.312 e. The molecule has 6 atom stereocenters. The van der Waals surface area contributed by atoms with E-state index in [4.69, 9.17) is 21.1 Å². The Morgan fingerprint density at radius 1 is 1.33 bits per heavy atom. The molecule has 9 heteroatoms. The number of hydrogen-bond acceptors (Lipinski definition) is 6. The van der Waals surface area contributed by atoms with Crippen LogP contribution in [0.2, 0.25) is 5.02 Å². The van der Waals surface area contributed by atoms with Gasteiger partial charge in [-0.1, -0.05) is 25.4 Å². The molecule has 3 saturated heterocycles. The third kappa shape index (κ3) is 4.02. The second kappa shape index (κ2) is 9.24. The van der Waals surface area contributed by atoms with Gasteiger partial charge in [0.25, 0.3) is 0 Å². The monoisotopic (exact) mass is 478 g/mol. The van der Waals surface area contributed by atoms with Crippen LogP contribution in [0.3, 0.4) is 0 Å². The van der Waals surface area contributed by atoms with E-state index in [2.05, 4.69) is 5.32 Å². The number of nitrogens with zero attached hydrogens (tertiary/aromatic N) is 1. The molecule has 3 aliphatic rings. The highest BCUT2D eigenvalue weighted by Gasteiger charge is 2.75. The summed E-state index contributed by atoms with van der Waals surface area (Å²) in [6, 6.07) is 5.17. The van der Waals surface area contributed by atoms with Crippen LogP contribution < -0.4 is 5.32 Å². The van der Waals surface area contributed by atoms with E-state index in [1.807, 2.05) is 13.8 Å². The fraction of sp³-hybridized carbons (Fsp3) is 0.625. The van der Waals surface area contributed by atoms with E-state index in [1.54, 1.807) is 31.2 Å². The fourth-order valence-electron chi connectivity index (χ4n) is 5.85. The Kier molecular flexibility index (Phi) is 6.71. The number of ether oxygens (including phenoxy) is 2. The lowest BCUT2D eigenvalue weighted by Crippen LogP contribution is -2.56. The number of likely N-dealkylation sites (tertiary alicyclic amines) is 1. The molecular formula is C24H31ClN2O6. The minimum absolute atomic E-state index is 0.186. The summed E-state index contributed by atoms with van der Waals surface area (Å²) in [5, 5.41) is 13.6. The van der Waals surface area contributed by atoms with Gasteiger partial charge in [0.05, 0.1) is 37.2 Å². The van der Waals surface area contributed by atoms with Gasteiger partial charge in [0.2, 0.25) is 11.8 Å². The lowest BCUT2D eigenvalue weighted by Gasteiger charge is -2.37. The van der Waals surface area contributed by atoms with Crippen molar-refractivity contribution >= 4 is 35.1 Å². The summed E-state index contributed by atoms with van der Waals surface area (Å²) in [5.41, 5.74) is -0.587. The van der Waals surface area contributed by atoms with Crippen LogP contribution in [-0.2, 0) is 23.9 Å². The van der Waals surface area contributed by atoms with Gasteiger partial charge in [-0.2, -0.15) is 0 Å². The third-order valence-corrected chi connectivity index (χ3v) is 7.26. The molecule has 3 aliphatic heterocycles. The van der Waals surface area contributed by atoms with Gasteiger partial charge >= 0.3 is 5.97 Å². The van der Waals surface area contributed by atoms with Gasteiger partial charge in [-0.15, -0.1) is 0 Å². The zero-order chi connectivity index (χ0) is 23.9. The SMILES string of the molecule is CCOC(=O)[C@@H]1[C@@H]2CCC3(O2)C(C(=O)Nc2ccc(Cl)cc2)N([C@@H](CO)CC(C)C)C(=O)[C@H]13. The summed E-state index contributed by atoms with van der Waals surface area (Å²) in [7, 11) is 0. The number of hydrogen-bond donors (Lipinski definition) is 2. The van der Waals surface area contributed by atoms with E-state index < -0.39 is 47.5 Å². The number of fused-ring (bicyclic) bond motifs is 1. The number of esters is 1. The van der Waals surface area contributed by atoms with Crippen molar-refractivity contribution in [1.82, 2.24) is 4.90 Å². The molecular weight excluding hydrogens is 448 g/mol. The van der Waals surface area contributed by atoms with Crippen molar-refractivity contribution in [2.75, 3.05) is 18.5 Å². The Bertz CT molecular complexity index is 922. The van der Waals surface area contributed by atoms with Crippen molar-refractivity contribution in [3.8, 4) is 0 Å². The lowest BCUT2D eigenvalue weighted by molar-refractivity contribution is -0.155. The van der Waals surface area contributed by atoms with Crippen LogP contribution in [0.1, 0.15) is 40.0 Å². The topological polar surface area (TPSA) is 105 Å². The first-order chi connectivity index (χ1) is 15.7. The Morgan fingerprint density at radius 2 is 2.03 bits per heavy atom. The van der Waals surface area contributed by atoms with E-state index in [-0.39, 0.29) is 25.0 Å². The van der Waals surface area contributed by atoms with E-state index in [0.717, 1.165) is 0 Å². The third-order valence-electron chi connectivity index (χ3n) is 7.00. The number of nitrogens with one attached hydrogen (secondary N) is 1. The molecule has 180 valence electrons. The molecule has 0 aliphatic carbocycles. The molecule has 8 nitrogen and oxygen atoms in total. The van der Waals surface area contributed by atoms with Crippen LogP contribution >= 0.6 is 11.6 Å². The van der Waals surface area contributed by atoms with Gasteiger partial charge in [-0.05, 0) is 56.4 Å². The maximum atomic E-state index is 13.8. The predicted octanol–water partition coefficient (Wildman–Crippen LogP) is 2.62. The molecule has 0 saturated carbocycles. The molecule has 3 fully saturated rings. The molecule has 1 aromatic rings. The second-order valence-electron chi connectivity index (χ2n) is 9.52. The normalized spacial score (nSPS) is 31.1. The highest BCUT2D eigenvalue weighted by atomic mass is 35.5. The molecule has 0 radical (unpaired) electrons. The summed E-state index contributed by atoms with van der Waals surface area (Å²) in [4.78, 5) is 41.8. The van der Waals surface area contributed by atoms with Crippen molar-refractivity contribution in [1.29, 1.82) is 0 Å². The van der Waals surface area contributed by atoms with Crippen molar-refractivity contribution < 1.29 is 29.0 Å². The Balaban J connectivity index is 1.73. The molecule has 1 aromatic carbocycles. The molecule has 4 rings (SSSR count). The largest absolute Gasteiger partial charge is 0.466 e. The number of amides is 2. The van der Waals surface area contributed by atoms with Gasteiger partial charge in [-0.3, -0.25) is 14.4 Å². The summed E-state index contributed by atoms with van der Waals surface area (Å²) in [6.07, 6.45) is 1.12. The lowest BCUT2D eigenvalue weighted by atomic mass is 9.70. The van der Waals surface area contributed by atoms with Crippen LogP contribution in [0.25, 0.3) is 0 Å². The van der Waals surface area contributed by atoms with Crippen LogP contribution in [0, 0.1) is 17.8 Å². The van der Waals surface area contributed by atoms with Gasteiger partial charge in [0, 0.05) is 10.7 Å². The molecule has 1 spiro atoms. The molecule has 2 N–H and O–H groups in total. The predicted molar refractivity (Wildman–Crippen MR) is 121 cm³/mol. The van der Waals surface area contributed by atoms with Gasteiger partial charge in [0.1, 0.15) is 11.6 Å². The summed E-state index contributed by atoms with van der Waals surface area (Å²) >= 11 is 5.96. The van der Waals surface area contributed by atoms with E-state index in [9.17, 15) is 19.5 Å². The minimum atomic E-state index is -1.12. The Morgan fingerprint density at radius 3 is 2.64 bits per heavy atom. The van der Waals surface area contributed by atoms with Crippen molar-refractivity contribution in [3.05, 3.63) is 29.3 Å². The summed E-state index contributed by atoms with van der Waals surface area (Å²) < 4.78 is 11.6. The number of benzene rings is 1. The highest BCUT2D eigenvalue weighted by Crippen LogP contribution is 2.59. The first-order valence-corrected chi connectivity index (χ1v) is 11.9. The number of aliphatic hydroxyl groups excluding tert-OH is 1.